The maximum atomic E-state index is 14.7. The Morgan fingerprint density at radius 2 is 1.45 bits per heavy atom. The quantitative estimate of drug-likeness (QED) is 0.273. The molecule has 0 heterocycles. The van der Waals surface area contributed by atoms with Crippen molar-refractivity contribution in [2.24, 2.45) is 0 Å². The van der Waals surface area contributed by atoms with Gasteiger partial charge in [-0.05, 0) is 41.0 Å². The molecule has 3 nitrogen and oxygen atoms in total. The van der Waals surface area contributed by atoms with Crippen LogP contribution >= 0.6 is 0 Å². The molecule has 38 heavy (non-hydrogen) atoms. The largest absolute Gasteiger partial charge is 0.461 e. The standard InChI is InChI=1S/C26H20F9NO2/c27-19-8-6-17(7-9-19)24(15-16-4-2-1-3-5-16,36-22(37)10-11-25(31,32)33)18-12-20(28)14-21(13-18)38-26(34,35)23(29)30/h1-9,12-14,23H,10-11,15H2,(H,36,37). The number of amides is 1. The van der Waals surface area contributed by atoms with Crippen LogP contribution in [0.2, 0.25) is 0 Å². The predicted octanol–water partition coefficient (Wildman–Crippen LogP) is 7.15. The number of hydrogen-bond donors (Lipinski definition) is 1. The Morgan fingerprint density at radius 1 is 0.816 bits per heavy atom. The topological polar surface area (TPSA) is 38.3 Å². The highest BCUT2D eigenvalue weighted by Crippen LogP contribution is 2.38. The summed E-state index contributed by atoms with van der Waals surface area (Å²) in [5, 5.41) is 2.42. The lowest BCUT2D eigenvalue weighted by Crippen LogP contribution is -2.49. The normalized spacial score (nSPS) is 13.7. The first-order valence-corrected chi connectivity index (χ1v) is 11.0. The molecule has 1 atom stereocenters. The van der Waals surface area contributed by atoms with Crippen LogP contribution in [-0.2, 0) is 16.8 Å². The summed E-state index contributed by atoms with van der Waals surface area (Å²) in [6.07, 6.45) is -16.8. The first-order valence-electron chi connectivity index (χ1n) is 11.0. The van der Waals surface area contributed by atoms with Crippen LogP contribution in [0.15, 0.2) is 72.8 Å². The fourth-order valence-corrected chi connectivity index (χ4v) is 3.82. The van der Waals surface area contributed by atoms with Gasteiger partial charge in [-0.15, -0.1) is 0 Å². The van der Waals surface area contributed by atoms with E-state index in [0.717, 1.165) is 24.3 Å². The minimum Gasteiger partial charge on any atom is -0.428 e. The summed E-state index contributed by atoms with van der Waals surface area (Å²) in [4.78, 5) is 12.8. The van der Waals surface area contributed by atoms with Crippen LogP contribution in [0, 0.1) is 11.6 Å². The van der Waals surface area contributed by atoms with Gasteiger partial charge in [0.15, 0.2) is 0 Å². The van der Waals surface area contributed by atoms with Gasteiger partial charge in [-0.25, -0.2) is 8.78 Å². The van der Waals surface area contributed by atoms with Crippen LogP contribution in [0.5, 0.6) is 5.75 Å². The van der Waals surface area contributed by atoms with Gasteiger partial charge in [0.05, 0.1) is 12.0 Å². The molecule has 0 aliphatic carbocycles. The number of alkyl halides is 7. The van der Waals surface area contributed by atoms with Gasteiger partial charge in [0.1, 0.15) is 17.4 Å². The van der Waals surface area contributed by atoms with Crippen molar-refractivity contribution in [2.45, 2.75) is 43.5 Å². The van der Waals surface area contributed by atoms with Crippen LogP contribution in [-0.4, -0.2) is 24.6 Å². The highest BCUT2D eigenvalue weighted by Gasteiger charge is 2.45. The van der Waals surface area contributed by atoms with Crippen molar-refractivity contribution in [2.75, 3.05) is 0 Å². The van der Waals surface area contributed by atoms with Gasteiger partial charge in [0.25, 0.3) is 0 Å². The summed E-state index contributed by atoms with van der Waals surface area (Å²) >= 11 is 0. The Hall–Kier alpha value is -3.70. The van der Waals surface area contributed by atoms with E-state index in [1.54, 1.807) is 30.3 Å². The van der Waals surface area contributed by atoms with Crippen molar-refractivity contribution in [1.29, 1.82) is 0 Å². The summed E-state index contributed by atoms with van der Waals surface area (Å²) in [5.74, 6) is -4.13. The summed E-state index contributed by atoms with van der Waals surface area (Å²) in [6, 6.07) is 14.2. The van der Waals surface area contributed by atoms with Crippen molar-refractivity contribution in [3.05, 3.63) is 101 Å². The fraction of sp³-hybridized carbons (Fsp3) is 0.269. The van der Waals surface area contributed by atoms with Crippen molar-refractivity contribution < 1.29 is 49.0 Å². The second-order valence-corrected chi connectivity index (χ2v) is 8.38. The Morgan fingerprint density at radius 3 is 2.03 bits per heavy atom. The minimum absolute atomic E-state index is 0.0419. The van der Waals surface area contributed by atoms with Gasteiger partial charge in [-0.2, -0.15) is 30.7 Å². The lowest BCUT2D eigenvalue weighted by atomic mass is 9.77. The van der Waals surface area contributed by atoms with Crippen molar-refractivity contribution in [3.8, 4) is 5.75 Å². The van der Waals surface area contributed by atoms with E-state index in [1.165, 1.54) is 12.1 Å². The monoisotopic (exact) mass is 549 g/mol. The molecule has 0 fully saturated rings. The molecule has 0 saturated heterocycles. The molecule has 0 aliphatic rings. The van der Waals surface area contributed by atoms with Gasteiger partial charge in [0, 0.05) is 18.9 Å². The zero-order chi connectivity index (χ0) is 28.1. The number of ether oxygens (including phenoxy) is 1. The van der Waals surface area contributed by atoms with Gasteiger partial charge in [-0.1, -0.05) is 42.5 Å². The Balaban J connectivity index is 2.21. The number of carbonyl (C=O) groups is 1. The molecule has 3 rings (SSSR count). The highest BCUT2D eigenvalue weighted by atomic mass is 19.4. The average Bonchev–Trinajstić information content (AvgIpc) is 2.82. The van der Waals surface area contributed by atoms with Crippen LogP contribution in [0.1, 0.15) is 29.5 Å². The fourth-order valence-electron chi connectivity index (χ4n) is 3.82. The Kier molecular flexibility index (Phi) is 8.63. The SMILES string of the molecule is O=C(CCC(F)(F)F)NC(Cc1ccccc1)(c1ccc(F)cc1)c1cc(F)cc(OC(F)(F)C(F)F)c1. The van der Waals surface area contributed by atoms with Crippen LogP contribution in [0.4, 0.5) is 39.5 Å². The van der Waals surface area contributed by atoms with E-state index in [-0.39, 0.29) is 17.5 Å². The molecule has 0 spiro atoms. The minimum atomic E-state index is -5.00. The highest BCUT2D eigenvalue weighted by molar-refractivity contribution is 5.78. The van der Waals surface area contributed by atoms with E-state index in [4.69, 9.17) is 0 Å². The molecular formula is C26H20F9NO2. The number of halogens is 9. The number of nitrogens with one attached hydrogen (secondary N) is 1. The van der Waals surface area contributed by atoms with E-state index in [0.29, 0.717) is 11.6 Å². The van der Waals surface area contributed by atoms with Gasteiger partial charge in [0.2, 0.25) is 5.91 Å². The first kappa shape index (κ1) is 28.9. The second kappa shape index (κ2) is 11.4. The lowest BCUT2D eigenvalue weighted by molar-refractivity contribution is -0.253. The number of hydrogen-bond acceptors (Lipinski definition) is 2. The Bertz CT molecular complexity index is 1230. The summed E-state index contributed by atoms with van der Waals surface area (Å²) < 4.78 is 124. The summed E-state index contributed by atoms with van der Waals surface area (Å²) in [6.45, 7) is 0. The molecule has 12 heteroatoms. The molecule has 3 aromatic carbocycles. The van der Waals surface area contributed by atoms with E-state index in [2.05, 4.69) is 10.1 Å². The van der Waals surface area contributed by atoms with Crippen molar-refractivity contribution >= 4 is 5.91 Å². The van der Waals surface area contributed by atoms with Gasteiger partial charge < -0.3 is 10.1 Å². The second-order valence-electron chi connectivity index (χ2n) is 8.38. The van der Waals surface area contributed by atoms with E-state index in [1.807, 2.05) is 0 Å². The third-order valence-corrected chi connectivity index (χ3v) is 5.51. The molecule has 204 valence electrons. The van der Waals surface area contributed by atoms with E-state index in [9.17, 15) is 44.3 Å². The molecular weight excluding hydrogens is 529 g/mol. The van der Waals surface area contributed by atoms with E-state index < -0.39 is 60.4 Å². The third kappa shape index (κ3) is 7.42. The number of rotatable bonds is 10. The predicted molar refractivity (Wildman–Crippen MR) is 119 cm³/mol. The zero-order valence-corrected chi connectivity index (χ0v) is 19.3. The molecule has 1 amide bonds. The van der Waals surface area contributed by atoms with Crippen LogP contribution in [0.3, 0.4) is 0 Å². The smallest absolute Gasteiger partial charge is 0.428 e. The number of benzene rings is 3. The molecule has 0 bridgehead atoms. The third-order valence-electron chi connectivity index (χ3n) is 5.51. The zero-order valence-electron chi connectivity index (χ0n) is 19.3. The Labute approximate surface area is 211 Å². The van der Waals surface area contributed by atoms with Gasteiger partial charge in [-0.3, -0.25) is 4.79 Å². The van der Waals surface area contributed by atoms with Crippen LogP contribution < -0.4 is 10.1 Å². The molecule has 1 unspecified atom stereocenters. The first-order chi connectivity index (χ1) is 17.7. The van der Waals surface area contributed by atoms with Gasteiger partial charge >= 0.3 is 18.7 Å². The summed E-state index contributed by atoms with van der Waals surface area (Å²) in [5.41, 5.74) is -1.79. The molecule has 1 N–H and O–H groups in total. The lowest BCUT2D eigenvalue weighted by Gasteiger charge is -2.37. The molecule has 0 aliphatic heterocycles. The van der Waals surface area contributed by atoms with E-state index >= 15 is 0 Å². The maximum Gasteiger partial charge on any atom is 0.461 e. The molecule has 3 aromatic rings. The molecule has 0 radical (unpaired) electrons. The van der Waals surface area contributed by atoms with Crippen LogP contribution in [0.25, 0.3) is 0 Å². The molecule has 0 saturated carbocycles. The molecule has 0 aromatic heterocycles. The summed E-state index contributed by atoms with van der Waals surface area (Å²) in [7, 11) is 0. The number of carbonyl (C=O) groups excluding carboxylic acids is 1. The average molecular weight is 549 g/mol. The maximum absolute atomic E-state index is 14.7. The van der Waals surface area contributed by atoms with Crippen molar-refractivity contribution in [3.63, 3.8) is 0 Å². The van der Waals surface area contributed by atoms with Crippen molar-refractivity contribution in [1.82, 2.24) is 5.32 Å².